The van der Waals surface area contributed by atoms with Crippen molar-refractivity contribution in [3.05, 3.63) is 23.5 Å². The smallest absolute Gasteiger partial charge is 0.244 e. The lowest BCUT2D eigenvalue weighted by Gasteiger charge is -2.23. The van der Waals surface area contributed by atoms with Crippen LogP contribution in [-0.4, -0.2) is 44.5 Å². The minimum atomic E-state index is -3.55. The Morgan fingerprint density at radius 3 is 2.58 bits per heavy atom. The van der Waals surface area contributed by atoms with Gasteiger partial charge in [0, 0.05) is 26.4 Å². The van der Waals surface area contributed by atoms with Crippen LogP contribution in [0.3, 0.4) is 0 Å². The summed E-state index contributed by atoms with van der Waals surface area (Å²) in [6.45, 7) is 5.05. The Balaban J connectivity index is 3.00. The first-order chi connectivity index (χ1) is 8.87. The number of nitrogens with zero attached hydrogens (tertiary/aromatic N) is 2. The predicted molar refractivity (Wildman–Crippen MR) is 74.7 cm³/mol. The molecule has 0 amide bonds. The number of methoxy groups -OCH3 is 1. The molecule has 0 spiro atoms. The molecule has 7 heteroatoms. The van der Waals surface area contributed by atoms with Gasteiger partial charge < -0.3 is 4.74 Å². The van der Waals surface area contributed by atoms with E-state index in [1.165, 1.54) is 22.6 Å². The largest absolute Gasteiger partial charge is 0.383 e. The molecule has 0 fully saturated rings. The zero-order chi connectivity index (χ0) is 14.5. The summed E-state index contributed by atoms with van der Waals surface area (Å²) in [5.41, 5.74) is 0. The molecule has 0 atom stereocenters. The lowest BCUT2D eigenvalue weighted by Crippen LogP contribution is -2.36. The number of ether oxygens (including phenoxy) is 1. The molecule has 1 aromatic heterocycles. The van der Waals surface area contributed by atoms with Gasteiger partial charge in [-0.3, -0.25) is 0 Å². The SMILES string of the molecule is COCCN(CC(C)C)S(=O)(=O)c1ccc(Cl)nc1. The van der Waals surface area contributed by atoms with Crippen LogP contribution in [0.25, 0.3) is 0 Å². The van der Waals surface area contributed by atoms with E-state index in [0.29, 0.717) is 19.7 Å². The minimum absolute atomic E-state index is 0.147. The molecule has 108 valence electrons. The van der Waals surface area contributed by atoms with E-state index in [2.05, 4.69) is 4.98 Å². The first-order valence-corrected chi connectivity index (χ1v) is 7.80. The fraction of sp³-hybridized carbons (Fsp3) is 0.583. The molecule has 0 aliphatic carbocycles. The van der Waals surface area contributed by atoms with Crippen LogP contribution in [-0.2, 0) is 14.8 Å². The monoisotopic (exact) mass is 306 g/mol. The number of hydrogen-bond donors (Lipinski definition) is 0. The molecule has 0 unspecified atom stereocenters. The quantitative estimate of drug-likeness (QED) is 0.723. The number of sulfonamides is 1. The molecule has 0 aromatic carbocycles. The normalized spacial score (nSPS) is 12.3. The van der Waals surface area contributed by atoms with Gasteiger partial charge in [0.15, 0.2) is 0 Å². The van der Waals surface area contributed by atoms with Crippen molar-refractivity contribution in [1.82, 2.24) is 9.29 Å². The number of hydrogen-bond acceptors (Lipinski definition) is 4. The van der Waals surface area contributed by atoms with Gasteiger partial charge in [0.2, 0.25) is 10.0 Å². The second-order valence-corrected chi connectivity index (χ2v) is 6.89. The van der Waals surface area contributed by atoms with Crippen molar-refractivity contribution < 1.29 is 13.2 Å². The first kappa shape index (κ1) is 16.4. The van der Waals surface area contributed by atoms with Crippen molar-refractivity contribution in [3.8, 4) is 0 Å². The molecular formula is C12H19ClN2O3S. The highest BCUT2D eigenvalue weighted by molar-refractivity contribution is 7.89. The minimum Gasteiger partial charge on any atom is -0.383 e. The summed E-state index contributed by atoms with van der Waals surface area (Å²) in [6.07, 6.45) is 1.28. The fourth-order valence-corrected chi connectivity index (χ4v) is 3.22. The summed E-state index contributed by atoms with van der Waals surface area (Å²) >= 11 is 5.67. The van der Waals surface area contributed by atoms with Gasteiger partial charge in [-0.05, 0) is 18.1 Å². The van der Waals surface area contributed by atoms with Crippen LogP contribution in [0.4, 0.5) is 0 Å². The van der Waals surface area contributed by atoms with Gasteiger partial charge in [-0.2, -0.15) is 4.31 Å². The van der Waals surface area contributed by atoms with E-state index in [0.717, 1.165) is 0 Å². The van der Waals surface area contributed by atoms with E-state index >= 15 is 0 Å². The van der Waals surface area contributed by atoms with E-state index in [1.807, 2.05) is 13.8 Å². The third-order valence-electron chi connectivity index (χ3n) is 2.45. The molecule has 0 bridgehead atoms. The second kappa shape index (κ2) is 7.19. The molecule has 0 aliphatic heterocycles. The highest BCUT2D eigenvalue weighted by Gasteiger charge is 2.25. The third-order valence-corrected chi connectivity index (χ3v) is 4.52. The van der Waals surface area contributed by atoms with Gasteiger partial charge in [0.25, 0.3) is 0 Å². The van der Waals surface area contributed by atoms with Gasteiger partial charge in [0.05, 0.1) is 6.61 Å². The van der Waals surface area contributed by atoms with E-state index in [9.17, 15) is 8.42 Å². The fourth-order valence-electron chi connectivity index (χ4n) is 1.57. The van der Waals surface area contributed by atoms with Crippen LogP contribution < -0.4 is 0 Å². The molecule has 1 heterocycles. The van der Waals surface area contributed by atoms with Crippen LogP contribution >= 0.6 is 11.6 Å². The molecule has 1 aromatic rings. The summed E-state index contributed by atoms with van der Waals surface area (Å²) in [5.74, 6) is 0.229. The standard InChI is InChI=1S/C12H19ClN2O3S/c1-10(2)9-15(6-7-18-3)19(16,17)11-4-5-12(13)14-8-11/h4-5,8,10H,6-7,9H2,1-3H3. The molecule has 0 N–H and O–H groups in total. The summed E-state index contributed by atoms with van der Waals surface area (Å²) in [6, 6.07) is 2.93. The maximum atomic E-state index is 12.5. The Morgan fingerprint density at radius 1 is 1.42 bits per heavy atom. The average Bonchev–Trinajstić information content (AvgIpc) is 2.34. The van der Waals surface area contributed by atoms with Gasteiger partial charge in [0.1, 0.15) is 10.0 Å². The second-order valence-electron chi connectivity index (χ2n) is 4.57. The lowest BCUT2D eigenvalue weighted by molar-refractivity contribution is 0.175. The van der Waals surface area contributed by atoms with Crippen LogP contribution in [0.1, 0.15) is 13.8 Å². The Hall–Kier alpha value is -0.690. The summed E-state index contributed by atoms with van der Waals surface area (Å²) in [4.78, 5) is 3.96. The first-order valence-electron chi connectivity index (χ1n) is 5.98. The van der Waals surface area contributed by atoms with Gasteiger partial charge in [-0.1, -0.05) is 25.4 Å². The summed E-state index contributed by atoms with van der Waals surface area (Å²) in [5, 5.41) is 0.270. The zero-order valence-electron chi connectivity index (χ0n) is 11.3. The molecule has 0 aliphatic rings. The summed E-state index contributed by atoms with van der Waals surface area (Å²) < 4.78 is 31.3. The third kappa shape index (κ3) is 4.72. The van der Waals surface area contributed by atoms with Gasteiger partial charge in [-0.15, -0.1) is 0 Å². The van der Waals surface area contributed by atoms with Crippen LogP contribution in [0, 0.1) is 5.92 Å². The maximum absolute atomic E-state index is 12.5. The Kier molecular flexibility index (Phi) is 6.19. The molecule has 0 radical (unpaired) electrons. The van der Waals surface area contributed by atoms with Crippen molar-refractivity contribution in [2.45, 2.75) is 18.7 Å². The molecule has 0 saturated heterocycles. The van der Waals surface area contributed by atoms with Crippen LogP contribution in [0.5, 0.6) is 0 Å². The molecule has 5 nitrogen and oxygen atoms in total. The lowest BCUT2D eigenvalue weighted by atomic mass is 10.2. The number of aromatic nitrogens is 1. The van der Waals surface area contributed by atoms with E-state index in [-0.39, 0.29) is 16.0 Å². The van der Waals surface area contributed by atoms with Crippen molar-refractivity contribution in [2.75, 3.05) is 26.8 Å². The Bertz CT molecular complexity index is 488. The number of rotatable bonds is 7. The van der Waals surface area contributed by atoms with Gasteiger partial charge in [-0.25, -0.2) is 13.4 Å². The van der Waals surface area contributed by atoms with Gasteiger partial charge >= 0.3 is 0 Å². The Morgan fingerprint density at radius 2 is 2.11 bits per heavy atom. The Labute approximate surface area is 119 Å². The molecular weight excluding hydrogens is 288 g/mol. The van der Waals surface area contributed by atoms with E-state index in [4.69, 9.17) is 16.3 Å². The van der Waals surface area contributed by atoms with Crippen molar-refractivity contribution >= 4 is 21.6 Å². The van der Waals surface area contributed by atoms with Crippen LogP contribution in [0.2, 0.25) is 5.15 Å². The maximum Gasteiger partial charge on any atom is 0.244 e. The molecule has 1 rings (SSSR count). The van der Waals surface area contributed by atoms with E-state index in [1.54, 1.807) is 7.11 Å². The molecule has 0 saturated carbocycles. The molecule has 19 heavy (non-hydrogen) atoms. The predicted octanol–water partition coefficient (Wildman–Crippen LogP) is 2.03. The van der Waals surface area contributed by atoms with Crippen LogP contribution in [0.15, 0.2) is 23.2 Å². The summed E-state index contributed by atoms with van der Waals surface area (Å²) in [7, 11) is -2.01. The van der Waals surface area contributed by atoms with Crippen molar-refractivity contribution in [1.29, 1.82) is 0 Å². The topological polar surface area (TPSA) is 59.5 Å². The van der Waals surface area contributed by atoms with E-state index < -0.39 is 10.0 Å². The highest BCUT2D eigenvalue weighted by atomic mass is 35.5. The van der Waals surface area contributed by atoms with Crippen molar-refractivity contribution in [2.24, 2.45) is 5.92 Å². The number of pyridine rings is 1. The van der Waals surface area contributed by atoms with Crippen molar-refractivity contribution in [3.63, 3.8) is 0 Å². The highest BCUT2D eigenvalue weighted by Crippen LogP contribution is 2.17. The average molecular weight is 307 g/mol. The zero-order valence-corrected chi connectivity index (χ0v) is 12.9. The number of halogens is 1.